The number of nitrogens with zero attached hydrogens (tertiary/aromatic N) is 1. The molecule has 0 aromatic heterocycles. The van der Waals surface area contributed by atoms with Gasteiger partial charge in [-0.05, 0) is 29.8 Å². The Labute approximate surface area is 90.9 Å². The number of imide groups is 1. The highest BCUT2D eigenvalue weighted by Gasteiger charge is 1.99. The van der Waals surface area contributed by atoms with Crippen LogP contribution in [0.1, 0.15) is 5.56 Å². The van der Waals surface area contributed by atoms with E-state index >= 15 is 0 Å². The molecule has 0 saturated carbocycles. The zero-order valence-electron chi connectivity index (χ0n) is 8.18. The van der Waals surface area contributed by atoms with Gasteiger partial charge >= 0.3 is 12.1 Å². The fourth-order valence-electron chi connectivity index (χ4n) is 0.866. The second-order valence-corrected chi connectivity index (χ2v) is 2.78. The number of phenols is 1. The smallest absolute Gasteiger partial charge is 0.343 e. The zero-order valence-corrected chi connectivity index (χ0v) is 8.18. The van der Waals surface area contributed by atoms with Gasteiger partial charge in [0.25, 0.3) is 0 Å². The lowest BCUT2D eigenvalue weighted by molar-refractivity contribution is 0.232. The average molecular weight is 222 g/mol. The lowest BCUT2D eigenvalue weighted by Gasteiger charge is -1.98. The first kappa shape index (κ1) is 11.5. The van der Waals surface area contributed by atoms with Crippen molar-refractivity contribution in [2.45, 2.75) is 0 Å². The molecule has 0 aliphatic heterocycles. The molecule has 0 saturated heterocycles. The molecule has 16 heavy (non-hydrogen) atoms. The molecule has 4 amide bonds. The Kier molecular flexibility index (Phi) is 3.84. The normalized spacial score (nSPS) is 10.0. The van der Waals surface area contributed by atoms with Crippen molar-refractivity contribution in [3.05, 3.63) is 29.8 Å². The van der Waals surface area contributed by atoms with Crippen LogP contribution in [0.5, 0.6) is 5.75 Å². The summed E-state index contributed by atoms with van der Waals surface area (Å²) in [6.07, 6.45) is 1.35. The maximum Gasteiger partial charge on any atom is 0.343 e. The third kappa shape index (κ3) is 4.09. The molecule has 0 aliphatic carbocycles. The van der Waals surface area contributed by atoms with Crippen LogP contribution in [0, 0.1) is 0 Å². The van der Waals surface area contributed by atoms with Crippen LogP contribution >= 0.6 is 0 Å². The van der Waals surface area contributed by atoms with Gasteiger partial charge in [-0.25, -0.2) is 15.0 Å². The summed E-state index contributed by atoms with van der Waals surface area (Å²) >= 11 is 0. The Morgan fingerprint density at radius 2 is 1.94 bits per heavy atom. The van der Waals surface area contributed by atoms with Gasteiger partial charge in [0.2, 0.25) is 0 Å². The number of hydrogen-bond donors (Lipinski definition) is 4. The fraction of sp³-hybridized carbons (Fsp3) is 0. The van der Waals surface area contributed by atoms with Crippen LogP contribution in [0.2, 0.25) is 0 Å². The maximum absolute atomic E-state index is 10.8. The summed E-state index contributed by atoms with van der Waals surface area (Å²) in [6, 6.07) is 4.38. The summed E-state index contributed by atoms with van der Waals surface area (Å²) in [5, 5.41) is 14.3. The lowest BCUT2D eigenvalue weighted by atomic mass is 10.2. The van der Waals surface area contributed by atoms with E-state index in [0.29, 0.717) is 5.56 Å². The van der Waals surface area contributed by atoms with E-state index in [-0.39, 0.29) is 5.75 Å². The van der Waals surface area contributed by atoms with Crippen molar-refractivity contribution in [3.63, 3.8) is 0 Å². The minimum Gasteiger partial charge on any atom is -0.508 e. The van der Waals surface area contributed by atoms with Crippen LogP contribution < -0.4 is 16.5 Å². The number of phenolic OH excluding ortho intramolecular Hbond substituents is 1. The van der Waals surface area contributed by atoms with E-state index in [1.807, 2.05) is 5.43 Å². The van der Waals surface area contributed by atoms with Gasteiger partial charge in [-0.15, -0.1) is 0 Å². The number of rotatable bonds is 2. The van der Waals surface area contributed by atoms with Crippen LogP contribution in [-0.2, 0) is 0 Å². The molecular formula is C9H10N4O3. The van der Waals surface area contributed by atoms with Gasteiger partial charge in [-0.2, -0.15) is 5.10 Å². The number of primary amides is 1. The number of benzene rings is 1. The molecular weight excluding hydrogens is 212 g/mol. The first-order chi connectivity index (χ1) is 7.58. The van der Waals surface area contributed by atoms with Crippen LogP contribution in [0.3, 0.4) is 0 Å². The van der Waals surface area contributed by atoms with Gasteiger partial charge in [-0.1, -0.05) is 0 Å². The third-order valence-corrected chi connectivity index (χ3v) is 1.51. The summed E-state index contributed by atoms with van der Waals surface area (Å²) < 4.78 is 0. The quantitative estimate of drug-likeness (QED) is 0.420. The van der Waals surface area contributed by atoms with E-state index in [4.69, 9.17) is 10.8 Å². The minimum absolute atomic E-state index is 0.136. The molecule has 1 aromatic rings. The van der Waals surface area contributed by atoms with E-state index in [1.54, 1.807) is 17.4 Å². The highest BCUT2D eigenvalue weighted by Crippen LogP contribution is 2.07. The second kappa shape index (κ2) is 5.35. The van der Waals surface area contributed by atoms with Crippen molar-refractivity contribution in [1.82, 2.24) is 10.7 Å². The van der Waals surface area contributed by atoms with Gasteiger partial charge in [0.15, 0.2) is 0 Å². The Bertz CT molecular complexity index is 413. The van der Waals surface area contributed by atoms with Crippen molar-refractivity contribution >= 4 is 18.3 Å². The summed E-state index contributed by atoms with van der Waals surface area (Å²) in [5.74, 6) is 0.136. The summed E-state index contributed by atoms with van der Waals surface area (Å²) in [4.78, 5) is 21.1. The van der Waals surface area contributed by atoms with Crippen LogP contribution in [0.15, 0.2) is 29.4 Å². The molecule has 0 spiro atoms. The molecule has 0 bridgehead atoms. The van der Waals surface area contributed by atoms with Gasteiger partial charge in [0, 0.05) is 0 Å². The molecule has 0 atom stereocenters. The number of hydrazone groups is 1. The zero-order chi connectivity index (χ0) is 12.0. The molecule has 0 aliphatic rings. The van der Waals surface area contributed by atoms with Gasteiger partial charge in [0.05, 0.1) is 6.21 Å². The van der Waals surface area contributed by atoms with E-state index in [2.05, 4.69) is 5.10 Å². The predicted molar refractivity (Wildman–Crippen MR) is 57.0 cm³/mol. The summed E-state index contributed by atoms with van der Waals surface area (Å²) in [5.41, 5.74) is 7.41. The standard InChI is InChI=1S/C9H10N4O3/c10-8(15)12-9(16)13-11-5-6-1-3-7(14)4-2-6/h1-5,14H,(H4,10,12,13,15,16). The average Bonchev–Trinajstić information content (AvgIpc) is 2.20. The lowest BCUT2D eigenvalue weighted by Crippen LogP contribution is -2.40. The van der Waals surface area contributed by atoms with Crippen molar-refractivity contribution in [2.24, 2.45) is 10.8 Å². The largest absolute Gasteiger partial charge is 0.508 e. The van der Waals surface area contributed by atoms with E-state index in [1.165, 1.54) is 18.3 Å². The molecule has 5 N–H and O–H groups in total. The number of aromatic hydroxyl groups is 1. The Balaban J connectivity index is 2.45. The number of nitrogens with two attached hydrogens (primary N) is 1. The van der Waals surface area contributed by atoms with E-state index < -0.39 is 12.1 Å². The fourth-order valence-corrected chi connectivity index (χ4v) is 0.866. The molecule has 0 radical (unpaired) electrons. The third-order valence-electron chi connectivity index (χ3n) is 1.51. The van der Waals surface area contributed by atoms with Crippen LogP contribution in [0.4, 0.5) is 9.59 Å². The molecule has 0 heterocycles. The highest BCUT2D eigenvalue weighted by molar-refractivity contribution is 5.93. The number of nitrogens with one attached hydrogen (secondary N) is 2. The molecule has 84 valence electrons. The Morgan fingerprint density at radius 1 is 1.31 bits per heavy atom. The predicted octanol–water partition coefficient (Wildman–Crippen LogP) is 0.104. The number of urea groups is 2. The van der Waals surface area contributed by atoms with E-state index in [9.17, 15) is 9.59 Å². The van der Waals surface area contributed by atoms with Crippen molar-refractivity contribution in [3.8, 4) is 5.75 Å². The van der Waals surface area contributed by atoms with Crippen molar-refractivity contribution in [1.29, 1.82) is 0 Å². The van der Waals surface area contributed by atoms with Gasteiger partial charge in [-0.3, -0.25) is 5.32 Å². The Hall–Kier alpha value is -2.57. The number of carbonyl (C=O) groups is 2. The van der Waals surface area contributed by atoms with Crippen molar-refractivity contribution in [2.75, 3.05) is 0 Å². The molecule has 1 aromatic carbocycles. The minimum atomic E-state index is -0.961. The molecule has 7 heteroatoms. The maximum atomic E-state index is 10.8. The molecule has 1 rings (SSSR count). The van der Waals surface area contributed by atoms with Gasteiger partial charge in [0.1, 0.15) is 5.75 Å². The molecule has 0 unspecified atom stereocenters. The van der Waals surface area contributed by atoms with Crippen molar-refractivity contribution < 1.29 is 14.7 Å². The Morgan fingerprint density at radius 3 is 2.50 bits per heavy atom. The van der Waals surface area contributed by atoms with Gasteiger partial charge < -0.3 is 10.8 Å². The molecule has 0 fully saturated rings. The number of amides is 4. The highest BCUT2D eigenvalue weighted by atomic mass is 16.3. The second-order valence-electron chi connectivity index (χ2n) is 2.78. The number of hydrogen-bond acceptors (Lipinski definition) is 4. The first-order valence-corrected chi connectivity index (χ1v) is 4.26. The summed E-state index contributed by atoms with van der Waals surface area (Å²) in [7, 11) is 0. The summed E-state index contributed by atoms with van der Waals surface area (Å²) in [6.45, 7) is 0. The van der Waals surface area contributed by atoms with Crippen LogP contribution in [0.25, 0.3) is 0 Å². The van der Waals surface area contributed by atoms with Crippen LogP contribution in [-0.4, -0.2) is 23.4 Å². The SMILES string of the molecule is NC(=O)NC(=O)NN=Cc1ccc(O)cc1. The van der Waals surface area contributed by atoms with E-state index in [0.717, 1.165) is 0 Å². The first-order valence-electron chi connectivity index (χ1n) is 4.26. The molecule has 7 nitrogen and oxygen atoms in total. The number of carbonyl (C=O) groups excluding carboxylic acids is 2. The topological polar surface area (TPSA) is 117 Å². The monoisotopic (exact) mass is 222 g/mol.